The van der Waals surface area contributed by atoms with Gasteiger partial charge in [-0.3, -0.25) is 0 Å². The molecule has 2 fully saturated rings. The van der Waals surface area contributed by atoms with Gasteiger partial charge in [0.05, 0.1) is 0 Å². The van der Waals surface area contributed by atoms with Crippen LogP contribution in [0.1, 0.15) is 70.0 Å². The quantitative estimate of drug-likeness (QED) is 0.812. The zero-order valence-electron chi connectivity index (χ0n) is 13.2. The number of aryl methyl sites for hydroxylation is 1. The first-order valence-electron chi connectivity index (χ1n) is 8.68. The van der Waals surface area contributed by atoms with Crippen molar-refractivity contribution in [2.75, 3.05) is 10.6 Å². The maximum atomic E-state index is 4.57. The smallest absolute Gasteiger partial charge is 0.132 e. The minimum atomic E-state index is 0.584. The van der Waals surface area contributed by atoms with Gasteiger partial charge in [0.1, 0.15) is 17.5 Å². The second-order valence-corrected chi connectivity index (χ2v) is 6.64. The van der Waals surface area contributed by atoms with Crippen molar-refractivity contribution >= 4 is 11.6 Å². The lowest BCUT2D eigenvalue weighted by molar-refractivity contribution is 0.617. The van der Waals surface area contributed by atoms with E-state index in [0.29, 0.717) is 12.1 Å². The Morgan fingerprint density at radius 3 is 1.67 bits per heavy atom. The third-order valence-electron chi connectivity index (χ3n) is 4.75. The highest BCUT2D eigenvalue weighted by atomic mass is 15.1. The van der Waals surface area contributed by atoms with E-state index < -0.39 is 0 Å². The van der Waals surface area contributed by atoms with Crippen LogP contribution in [-0.2, 0) is 0 Å². The molecule has 21 heavy (non-hydrogen) atoms. The molecular formula is C17H28N4. The van der Waals surface area contributed by atoms with Gasteiger partial charge in [0, 0.05) is 18.2 Å². The van der Waals surface area contributed by atoms with Crippen LogP contribution in [0.3, 0.4) is 0 Å². The lowest BCUT2D eigenvalue weighted by atomic mass is 10.1. The Morgan fingerprint density at radius 1 is 0.762 bits per heavy atom. The van der Waals surface area contributed by atoms with Crippen LogP contribution in [0.2, 0.25) is 0 Å². The molecule has 0 aliphatic heterocycles. The standard InChI is InChI=1S/C17H28N4/c1-13-18-16(20-14-8-4-2-3-5-9-14)12-17(19-13)21-15-10-6-7-11-15/h12,14-15H,2-11H2,1H3,(H2,18,19,20,21). The van der Waals surface area contributed by atoms with Crippen molar-refractivity contribution in [1.29, 1.82) is 0 Å². The Kier molecular flexibility index (Phi) is 4.94. The van der Waals surface area contributed by atoms with Crippen LogP contribution in [0.25, 0.3) is 0 Å². The lowest BCUT2D eigenvalue weighted by Gasteiger charge is -2.19. The summed E-state index contributed by atoms with van der Waals surface area (Å²) in [5.74, 6) is 2.84. The second kappa shape index (κ2) is 7.10. The van der Waals surface area contributed by atoms with Crippen LogP contribution in [-0.4, -0.2) is 22.1 Å². The van der Waals surface area contributed by atoms with Crippen molar-refractivity contribution in [3.63, 3.8) is 0 Å². The summed E-state index contributed by atoms with van der Waals surface area (Å²) in [4.78, 5) is 9.12. The van der Waals surface area contributed by atoms with Gasteiger partial charge in [0.2, 0.25) is 0 Å². The van der Waals surface area contributed by atoms with Crippen LogP contribution in [0, 0.1) is 6.92 Å². The fourth-order valence-electron chi connectivity index (χ4n) is 3.63. The predicted molar refractivity (Wildman–Crippen MR) is 87.8 cm³/mol. The van der Waals surface area contributed by atoms with Crippen LogP contribution in [0.5, 0.6) is 0 Å². The highest BCUT2D eigenvalue weighted by Gasteiger charge is 2.17. The van der Waals surface area contributed by atoms with Gasteiger partial charge in [0.15, 0.2) is 0 Å². The maximum absolute atomic E-state index is 4.57. The highest BCUT2D eigenvalue weighted by molar-refractivity contribution is 5.48. The van der Waals surface area contributed by atoms with Gasteiger partial charge >= 0.3 is 0 Å². The van der Waals surface area contributed by atoms with Gasteiger partial charge < -0.3 is 10.6 Å². The molecule has 4 nitrogen and oxygen atoms in total. The van der Waals surface area contributed by atoms with E-state index >= 15 is 0 Å². The number of rotatable bonds is 4. The molecule has 2 aliphatic rings. The fraction of sp³-hybridized carbons (Fsp3) is 0.765. The molecule has 0 aromatic carbocycles. The summed E-state index contributed by atoms with van der Waals surface area (Å²) in [6.07, 6.45) is 13.2. The van der Waals surface area contributed by atoms with Crippen LogP contribution >= 0.6 is 0 Å². The molecule has 2 N–H and O–H groups in total. The Balaban J connectivity index is 1.64. The molecule has 4 heteroatoms. The average Bonchev–Trinajstić information content (AvgIpc) is 2.81. The van der Waals surface area contributed by atoms with Gasteiger partial charge in [-0.1, -0.05) is 38.5 Å². The van der Waals surface area contributed by atoms with Gasteiger partial charge in [-0.2, -0.15) is 0 Å². The Hall–Kier alpha value is -1.32. The molecule has 1 aromatic heterocycles. The van der Waals surface area contributed by atoms with Crippen molar-refractivity contribution in [3.8, 4) is 0 Å². The highest BCUT2D eigenvalue weighted by Crippen LogP contribution is 2.24. The minimum Gasteiger partial charge on any atom is -0.367 e. The molecule has 0 saturated heterocycles. The van der Waals surface area contributed by atoms with E-state index in [1.54, 1.807) is 0 Å². The molecule has 116 valence electrons. The minimum absolute atomic E-state index is 0.584. The lowest BCUT2D eigenvalue weighted by Crippen LogP contribution is -2.20. The molecule has 1 heterocycles. The fourth-order valence-corrected chi connectivity index (χ4v) is 3.63. The third kappa shape index (κ3) is 4.32. The summed E-state index contributed by atoms with van der Waals surface area (Å²) in [6, 6.07) is 3.28. The number of nitrogens with one attached hydrogen (secondary N) is 2. The summed E-state index contributed by atoms with van der Waals surface area (Å²) in [7, 11) is 0. The van der Waals surface area contributed by atoms with E-state index in [0.717, 1.165) is 17.5 Å². The largest absolute Gasteiger partial charge is 0.367 e. The Morgan fingerprint density at radius 2 is 1.19 bits per heavy atom. The summed E-state index contributed by atoms with van der Waals surface area (Å²) in [5.41, 5.74) is 0. The van der Waals surface area contributed by atoms with Crippen molar-refractivity contribution in [3.05, 3.63) is 11.9 Å². The zero-order valence-corrected chi connectivity index (χ0v) is 13.2. The topological polar surface area (TPSA) is 49.8 Å². The van der Waals surface area contributed by atoms with E-state index in [1.165, 1.54) is 64.2 Å². The average molecular weight is 288 g/mol. The number of aromatic nitrogens is 2. The summed E-state index contributed by atoms with van der Waals surface area (Å²) in [6.45, 7) is 1.98. The normalized spacial score (nSPS) is 21.2. The molecule has 1 aromatic rings. The molecule has 0 bridgehead atoms. The molecular weight excluding hydrogens is 260 g/mol. The van der Waals surface area contributed by atoms with Gasteiger partial charge in [-0.25, -0.2) is 9.97 Å². The number of hydrogen-bond acceptors (Lipinski definition) is 4. The molecule has 0 spiro atoms. The van der Waals surface area contributed by atoms with Gasteiger partial charge in [-0.15, -0.1) is 0 Å². The molecule has 0 atom stereocenters. The number of anilines is 2. The van der Waals surface area contributed by atoms with Crippen LogP contribution < -0.4 is 10.6 Å². The van der Waals surface area contributed by atoms with E-state index in [-0.39, 0.29) is 0 Å². The SMILES string of the molecule is Cc1nc(NC2CCCCCC2)cc(NC2CCCC2)n1. The van der Waals surface area contributed by atoms with E-state index in [2.05, 4.69) is 26.7 Å². The first-order chi connectivity index (χ1) is 10.3. The van der Waals surface area contributed by atoms with Gasteiger partial charge in [-0.05, 0) is 32.6 Å². The van der Waals surface area contributed by atoms with Crippen LogP contribution in [0.4, 0.5) is 11.6 Å². The second-order valence-electron chi connectivity index (χ2n) is 6.64. The van der Waals surface area contributed by atoms with E-state index in [1.807, 2.05) is 6.92 Å². The van der Waals surface area contributed by atoms with Crippen LogP contribution in [0.15, 0.2) is 6.07 Å². The first-order valence-corrected chi connectivity index (χ1v) is 8.68. The van der Waals surface area contributed by atoms with E-state index in [9.17, 15) is 0 Å². The summed E-state index contributed by atoms with van der Waals surface area (Å²) >= 11 is 0. The predicted octanol–water partition coefficient (Wildman–Crippen LogP) is 4.27. The molecule has 0 unspecified atom stereocenters. The third-order valence-corrected chi connectivity index (χ3v) is 4.75. The van der Waals surface area contributed by atoms with Crippen molar-refractivity contribution in [1.82, 2.24) is 9.97 Å². The van der Waals surface area contributed by atoms with Gasteiger partial charge in [0.25, 0.3) is 0 Å². The van der Waals surface area contributed by atoms with Crippen molar-refractivity contribution in [2.45, 2.75) is 83.2 Å². The molecule has 3 rings (SSSR count). The molecule has 2 saturated carbocycles. The molecule has 0 radical (unpaired) electrons. The Labute approximate surface area is 128 Å². The van der Waals surface area contributed by atoms with Crippen molar-refractivity contribution < 1.29 is 0 Å². The number of nitrogens with zero attached hydrogens (tertiary/aromatic N) is 2. The summed E-state index contributed by atoms with van der Waals surface area (Å²) < 4.78 is 0. The molecule has 2 aliphatic carbocycles. The number of hydrogen-bond donors (Lipinski definition) is 2. The zero-order chi connectivity index (χ0) is 14.5. The van der Waals surface area contributed by atoms with E-state index in [4.69, 9.17) is 0 Å². The first kappa shape index (κ1) is 14.6. The Bertz CT molecular complexity index is 446. The maximum Gasteiger partial charge on any atom is 0.132 e. The summed E-state index contributed by atoms with van der Waals surface area (Å²) in [5, 5.41) is 7.22. The van der Waals surface area contributed by atoms with Crippen molar-refractivity contribution in [2.24, 2.45) is 0 Å². The monoisotopic (exact) mass is 288 g/mol. The molecule has 0 amide bonds.